The van der Waals surface area contributed by atoms with Crippen LogP contribution in [0.15, 0.2) is 30.3 Å². The van der Waals surface area contributed by atoms with Gasteiger partial charge in [-0.3, -0.25) is 14.5 Å². The van der Waals surface area contributed by atoms with Gasteiger partial charge in [0, 0.05) is 32.8 Å². The fourth-order valence-corrected chi connectivity index (χ4v) is 3.62. The number of benzene rings is 1. The van der Waals surface area contributed by atoms with E-state index < -0.39 is 0 Å². The number of anilines is 2. The molecule has 2 heterocycles. The summed E-state index contributed by atoms with van der Waals surface area (Å²) in [6.07, 6.45) is 2.86. The Hall–Kier alpha value is -3.07. The van der Waals surface area contributed by atoms with E-state index in [1.54, 1.807) is 19.0 Å². The van der Waals surface area contributed by atoms with Gasteiger partial charge in [0.25, 0.3) is 0 Å². The van der Waals surface area contributed by atoms with Crippen molar-refractivity contribution in [2.24, 2.45) is 0 Å². The lowest BCUT2D eigenvalue weighted by Crippen LogP contribution is -2.40. The fourth-order valence-electron chi connectivity index (χ4n) is 3.62. The number of nitrogens with one attached hydrogen (secondary N) is 2. The molecule has 0 bridgehead atoms. The van der Waals surface area contributed by atoms with Gasteiger partial charge < -0.3 is 15.5 Å². The lowest BCUT2D eigenvalue weighted by Gasteiger charge is -2.34. The molecule has 8 nitrogen and oxygen atoms in total. The first-order valence-electron chi connectivity index (χ1n) is 10.4. The van der Waals surface area contributed by atoms with Crippen molar-refractivity contribution in [3.05, 3.63) is 47.7 Å². The van der Waals surface area contributed by atoms with Crippen LogP contribution in [0.5, 0.6) is 0 Å². The fraction of sp³-hybridized carbons (Fsp3) is 0.455. The number of nitrogens with zero attached hydrogens (tertiary/aromatic N) is 4. The largest absolute Gasteiger partial charge is 0.373 e. The molecule has 9 heteroatoms. The summed E-state index contributed by atoms with van der Waals surface area (Å²) in [5.41, 5.74) is 1.30. The monoisotopic (exact) mass is 428 g/mol. The smallest absolute Gasteiger partial charge is 0.238 e. The molecule has 1 saturated heterocycles. The first kappa shape index (κ1) is 22.6. The van der Waals surface area contributed by atoms with E-state index in [2.05, 4.69) is 20.5 Å². The van der Waals surface area contributed by atoms with Gasteiger partial charge in [-0.05, 0) is 43.7 Å². The summed E-state index contributed by atoms with van der Waals surface area (Å²) in [4.78, 5) is 37.3. The number of amides is 2. The second-order valence-electron chi connectivity index (χ2n) is 7.76. The van der Waals surface area contributed by atoms with Gasteiger partial charge in [0.05, 0.1) is 24.8 Å². The number of rotatable bonds is 7. The highest BCUT2D eigenvalue weighted by molar-refractivity contribution is 5.92. The van der Waals surface area contributed by atoms with Crippen LogP contribution in [0.1, 0.15) is 43.7 Å². The van der Waals surface area contributed by atoms with Gasteiger partial charge in [-0.15, -0.1) is 0 Å². The average Bonchev–Trinajstić information content (AvgIpc) is 2.75. The maximum absolute atomic E-state index is 13.1. The third kappa shape index (κ3) is 6.21. The van der Waals surface area contributed by atoms with Gasteiger partial charge in [0.15, 0.2) is 0 Å². The van der Waals surface area contributed by atoms with E-state index in [1.165, 1.54) is 31.2 Å². The SMILES string of the molecule is CNc1cc(CN(C)C(C)=O)nc([C@H]2CCCCN2CC(=O)Nc2ccc(F)cc2)n1. The van der Waals surface area contributed by atoms with Crippen LogP contribution in [0, 0.1) is 5.82 Å². The molecule has 1 fully saturated rings. The van der Waals surface area contributed by atoms with Gasteiger partial charge in [-0.25, -0.2) is 14.4 Å². The minimum atomic E-state index is -0.345. The van der Waals surface area contributed by atoms with Crippen molar-refractivity contribution in [2.45, 2.75) is 38.8 Å². The molecule has 0 aliphatic carbocycles. The van der Waals surface area contributed by atoms with Crippen molar-refractivity contribution in [2.75, 3.05) is 37.8 Å². The number of aromatic nitrogens is 2. The number of piperidine rings is 1. The van der Waals surface area contributed by atoms with Crippen molar-refractivity contribution < 1.29 is 14.0 Å². The Labute approximate surface area is 181 Å². The van der Waals surface area contributed by atoms with E-state index in [-0.39, 0.29) is 30.2 Å². The highest BCUT2D eigenvalue weighted by Gasteiger charge is 2.28. The van der Waals surface area contributed by atoms with Crippen molar-refractivity contribution in [1.82, 2.24) is 19.8 Å². The Morgan fingerprint density at radius 2 is 1.97 bits per heavy atom. The molecule has 0 spiro atoms. The summed E-state index contributed by atoms with van der Waals surface area (Å²) in [5.74, 6) is 0.774. The van der Waals surface area contributed by atoms with Crippen LogP contribution in [-0.4, -0.2) is 58.8 Å². The summed E-state index contributed by atoms with van der Waals surface area (Å²) < 4.78 is 13.1. The van der Waals surface area contributed by atoms with Crippen molar-refractivity contribution in [1.29, 1.82) is 0 Å². The van der Waals surface area contributed by atoms with E-state index in [4.69, 9.17) is 4.98 Å². The Morgan fingerprint density at radius 3 is 2.65 bits per heavy atom. The number of halogens is 1. The molecule has 2 aromatic rings. The molecule has 1 aliphatic rings. The Bertz CT molecular complexity index is 921. The van der Waals surface area contributed by atoms with Crippen molar-refractivity contribution in [3.8, 4) is 0 Å². The second-order valence-corrected chi connectivity index (χ2v) is 7.76. The van der Waals surface area contributed by atoms with Gasteiger partial charge in [0.1, 0.15) is 17.5 Å². The van der Waals surface area contributed by atoms with Crippen LogP contribution in [0.4, 0.5) is 15.9 Å². The van der Waals surface area contributed by atoms with E-state index in [0.29, 0.717) is 23.9 Å². The third-order valence-electron chi connectivity index (χ3n) is 5.38. The predicted octanol–water partition coefficient (Wildman–Crippen LogP) is 2.80. The number of likely N-dealkylation sites (tertiary alicyclic amines) is 1. The molecule has 31 heavy (non-hydrogen) atoms. The summed E-state index contributed by atoms with van der Waals surface area (Å²) in [5, 5.41) is 5.88. The second kappa shape index (κ2) is 10.3. The predicted molar refractivity (Wildman–Crippen MR) is 117 cm³/mol. The van der Waals surface area contributed by atoms with E-state index >= 15 is 0 Å². The van der Waals surface area contributed by atoms with Crippen molar-refractivity contribution >= 4 is 23.3 Å². The Morgan fingerprint density at radius 1 is 1.23 bits per heavy atom. The molecule has 1 aliphatic heterocycles. The maximum Gasteiger partial charge on any atom is 0.238 e. The van der Waals surface area contributed by atoms with Crippen LogP contribution in [0.2, 0.25) is 0 Å². The maximum atomic E-state index is 13.1. The standard InChI is InChI=1S/C22H29FN6O2/c1-15(30)28(3)13-18-12-20(24-2)27-22(26-18)19-6-4-5-11-29(19)14-21(31)25-17-9-7-16(23)8-10-17/h7-10,12,19H,4-6,11,13-14H2,1-3H3,(H,25,31)(H,24,26,27)/t19-/m1/s1. The van der Waals surface area contributed by atoms with Gasteiger partial charge >= 0.3 is 0 Å². The molecule has 2 amide bonds. The van der Waals surface area contributed by atoms with Crippen LogP contribution in [0.3, 0.4) is 0 Å². The summed E-state index contributed by atoms with van der Waals surface area (Å²) in [6, 6.07) is 7.45. The number of hydrogen-bond donors (Lipinski definition) is 2. The van der Waals surface area contributed by atoms with E-state index in [0.717, 1.165) is 31.5 Å². The van der Waals surface area contributed by atoms with E-state index in [9.17, 15) is 14.0 Å². The van der Waals surface area contributed by atoms with Crippen molar-refractivity contribution in [3.63, 3.8) is 0 Å². The number of carbonyl (C=O) groups excluding carboxylic acids is 2. The molecule has 3 rings (SSSR count). The lowest BCUT2D eigenvalue weighted by atomic mass is 10.0. The molecule has 0 radical (unpaired) electrons. The first-order valence-corrected chi connectivity index (χ1v) is 10.4. The van der Waals surface area contributed by atoms with Crippen LogP contribution in [0.25, 0.3) is 0 Å². The topological polar surface area (TPSA) is 90.5 Å². The normalized spacial score (nSPS) is 16.6. The zero-order chi connectivity index (χ0) is 22.4. The lowest BCUT2D eigenvalue weighted by molar-refractivity contribution is -0.128. The minimum Gasteiger partial charge on any atom is -0.373 e. The zero-order valence-corrected chi connectivity index (χ0v) is 18.2. The molecule has 166 valence electrons. The van der Waals surface area contributed by atoms with Crippen LogP contribution in [-0.2, 0) is 16.1 Å². The molecule has 1 atom stereocenters. The average molecular weight is 429 g/mol. The molecular formula is C22H29FN6O2. The van der Waals surface area contributed by atoms with E-state index in [1.807, 2.05) is 6.07 Å². The van der Waals surface area contributed by atoms with Crippen LogP contribution < -0.4 is 10.6 Å². The van der Waals surface area contributed by atoms with Gasteiger partial charge in [0.2, 0.25) is 11.8 Å². The number of hydrogen-bond acceptors (Lipinski definition) is 6. The first-order chi connectivity index (χ1) is 14.9. The summed E-state index contributed by atoms with van der Waals surface area (Å²) in [7, 11) is 3.52. The Kier molecular flexibility index (Phi) is 7.51. The molecular weight excluding hydrogens is 399 g/mol. The molecule has 1 aromatic heterocycles. The zero-order valence-electron chi connectivity index (χ0n) is 18.2. The summed E-state index contributed by atoms with van der Waals surface area (Å²) in [6.45, 7) is 2.86. The number of carbonyl (C=O) groups is 2. The third-order valence-corrected chi connectivity index (χ3v) is 5.38. The highest BCUT2D eigenvalue weighted by atomic mass is 19.1. The molecule has 0 unspecified atom stereocenters. The quantitative estimate of drug-likeness (QED) is 0.705. The Balaban J connectivity index is 1.76. The van der Waals surface area contributed by atoms with Gasteiger partial charge in [-0.1, -0.05) is 6.42 Å². The molecule has 0 saturated carbocycles. The van der Waals surface area contributed by atoms with Crippen LogP contribution >= 0.6 is 0 Å². The minimum absolute atomic E-state index is 0.0390. The summed E-state index contributed by atoms with van der Waals surface area (Å²) >= 11 is 0. The van der Waals surface area contributed by atoms with Gasteiger partial charge in [-0.2, -0.15) is 0 Å². The molecule has 1 aromatic carbocycles. The highest BCUT2D eigenvalue weighted by Crippen LogP contribution is 2.29. The molecule has 2 N–H and O–H groups in total.